The summed E-state index contributed by atoms with van der Waals surface area (Å²) >= 11 is 1.86. The summed E-state index contributed by atoms with van der Waals surface area (Å²) in [6, 6.07) is 9.41. The SMILES string of the molecule is COCCNCC1CCCN1Cc1csc2ccccc12. The highest BCUT2D eigenvalue weighted by atomic mass is 32.1. The molecule has 1 atom stereocenters. The lowest BCUT2D eigenvalue weighted by atomic mass is 10.1. The third-order valence-corrected chi connectivity index (χ3v) is 5.31. The van der Waals surface area contributed by atoms with Gasteiger partial charge in [-0.05, 0) is 41.8 Å². The Bertz CT molecular complexity index is 569. The van der Waals surface area contributed by atoms with Crippen LogP contribution in [0.15, 0.2) is 29.6 Å². The Morgan fingerprint density at radius 3 is 3.19 bits per heavy atom. The summed E-state index contributed by atoms with van der Waals surface area (Å²) in [6.45, 7) is 5.12. The van der Waals surface area contributed by atoms with Crippen molar-refractivity contribution in [3.8, 4) is 0 Å². The molecule has 1 aromatic heterocycles. The predicted molar refractivity (Wildman–Crippen MR) is 90.0 cm³/mol. The van der Waals surface area contributed by atoms with Gasteiger partial charge in [0.1, 0.15) is 0 Å². The average Bonchev–Trinajstić information content (AvgIpc) is 3.12. The van der Waals surface area contributed by atoms with E-state index in [-0.39, 0.29) is 0 Å². The van der Waals surface area contributed by atoms with E-state index in [0.29, 0.717) is 6.04 Å². The molecule has 0 spiro atoms. The first-order chi connectivity index (χ1) is 10.4. The Hall–Kier alpha value is -0.940. The molecule has 0 amide bonds. The van der Waals surface area contributed by atoms with Crippen LogP contribution in [0.4, 0.5) is 0 Å². The van der Waals surface area contributed by atoms with E-state index in [1.807, 2.05) is 11.3 Å². The Balaban J connectivity index is 1.60. The zero-order valence-electron chi connectivity index (χ0n) is 12.7. The van der Waals surface area contributed by atoms with E-state index in [1.54, 1.807) is 7.11 Å². The summed E-state index contributed by atoms with van der Waals surface area (Å²) in [5.41, 5.74) is 1.49. The maximum absolute atomic E-state index is 5.09. The van der Waals surface area contributed by atoms with Gasteiger partial charge in [0, 0.05) is 37.5 Å². The molecule has 114 valence electrons. The number of rotatable bonds is 7. The lowest BCUT2D eigenvalue weighted by Crippen LogP contribution is -2.38. The van der Waals surface area contributed by atoms with E-state index in [0.717, 1.165) is 26.2 Å². The summed E-state index contributed by atoms with van der Waals surface area (Å²) in [5, 5.41) is 7.27. The minimum absolute atomic E-state index is 0.667. The second-order valence-electron chi connectivity index (χ2n) is 5.72. The molecule has 1 aliphatic rings. The highest BCUT2D eigenvalue weighted by molar-refractivity contribution is 7.17. The monoisotopic (exact) mass is 304 g/mol. The summed E-state index contributed by atoms with van der Waals surface area (Å²) in [4.78, 5) is 2.63. The van der Waals surface area contributed by atoms with Crippen LogP contribution in [-0.2, 0) is 11.3 Å². The number of methoxy groups -OCH3 is 1. The van der Waals surface area contributed by atoms with Gasteiger partial charge >= 0.3 is 0 Å². The summed E-state index contributed by atoms with van der Waals surface area (Å²) in [5.74, 6) is 0. The van der Waals surface area contributed by atoms with E-state index in [2.05, 4.69) is 39.9 Å². The molecule has 0 aliphatic carbocycles. The topological polar surface area (TPSA) is 24.5 Å². The number of fused-ring (bicyclic) bond motifs is 1. The van der Waals surface area contributed by atoms with Crippen molar-refractivity contribution >= 4 is 21.4 Å². The molecule has 1 unspecified atom stereocenters. The standard InChI is InChI=1S/C17H24N2OS/c1-20-10-8-18-11-15-5-4-9-19(15)12-14-13-21-17-7-3-2-6-16(14)17/h2-3,6-7,13,15,18H,4-5,8-12H2,1H3. The van der Waals surface area contributed by atoms with Crippen LogP contribution in [0.2, 0.25) is 0 Å². The zero-order valence-corrected chi connectivity index (χ0v) is 13.5. The molecule has 3 rings (SSSR count). The van der Waals surface area contributed by atoms with Gasteiger partial charge < -0.3 is 10.1 Å². The number of thiophene rings is 1. The number of ether oxygens (including phenoxy) is 1. The Morgan fingerprint density at radius 2 is 2.29 bits per heavy atom. The third-order valence-electron chi connectivity index (χ3n) is 4.30. The fourth-order valence-corrected chi connectivity index (χ4v) is 4.11. The molecule has 2 aromatic rings. The van der Waals surface area contributed by atoms with Crippen LogP contribution in [0.1, 0.15) is 18.4 Å². The van der Waals surface area contributed by atoms with Gasteiger partial charge in [0.25, 0.3) is 0 Å². The molecular weight excluding hydrogens is 280 g/mol. The molecule has 4 heteroatoms. The highest BCUT2D eigenvalue weighted by Crippen LogP contribution is 2.28. The Kier molecular flexibility index (Phi) is 5.25. The first kappa shape index (κ1) is 15.0. The molecule has 21 heavy (non-hydrogen) atoms. The second-order valence-corrected chi connectivity index (χ2v) is 6.63. The smallest absolute Gasteiger partial charge is 0.0587 e. The minimum Gasteiger partial charge on any atom is -0.383 e. The molecule has 1 fully saturated rings. The number of hydrogen-bond acceptors (Lipinski definition) is 4. The van der Waals surface area contributed by atoms with E-state index in [4.69, 9.17) is 4.74 Å². The van der Waals surface area contributed by atoms with Crippen molar-refractivity contribution in [3.05, 3.63) is 35.2 Å². The number of hydrogen-bond donors (Lipinski definition) is 1. The summed E-state index contributed by atoms with van der Waals surface area (Å²) in [7, 11) is 1.76. The largest absolute Gasteiger partial charge is 0.383 e. The maximum Gasteiger partial charge on any atom is 0.0587 e. The molecule has 1 N–H and O–H groups in total. The maximum atomic E-state index is 5.09. The number of benzene rings is 1. The lowest BCUT2D eigenvalue weighted by molar-refractivity contribution is 0.191. The van der Waals surface area contributed by atoms with Crippen LogP contribution in [0.3, 0.4) is 0 Å². The highest BCUT2D eigenvalue weighted by Gasteiger charge is 2.24. The molecule has 0 radical (unpaired) electrons. The normalized spacial score (nSPS) is 19.6. The van der Waals surface area contributed by atoms with E-state index in [1.165, 1.54) is 35.0 Å². The summed E-state index contributed by atoms with van der Waals surface area (Å²) < 4.78 is 6.50. The Labute approximate surface area is 130 Å². The molecule has 0 saturated carbocycles. The average molecular weight is 304 g/mol. The van der Waals surface area contributed by atoms with Crippen molar-refractivity contribution < 1.29 is 4.74 Å². The fourth-order valence-electron chi connectivity index (χ4n) is 3.15. The van der Waals surface area contributed by atoms with Gasteiger partial charge in [0.05, 0.1) is 6.61 Å². The van der Waals surface area contributed by atoms with E-state index < -0.39 is 0 Å². The van der Waals surface area contributed by atoms with Crippen LogP contribution in [0, 0.1) is 0 Å². The van der Waals surface area contributed by atoms with Gasteiger partial charge in [-0.25, -0.2) is 0 Å². The van der Waals surface area contributed by atoms with E-state index in [9.17, 15) is 0 Å². The van der Waals surface area contributed by atoms with Gasteiger partial charge in [0.2, 0.25) is 0 Å². The number of nitrogens with one attached hydrogen (secondary N) is 1. The molecule has 3 nitrogen and oxygen atoms in total. The molecule has 1 aliphatic heterocycles. The Morgan fingerprint density at radius 1 is 1.38 bits per heavy atom. The minimum atomic E-state index is 0.667. The second kappa shape index (κ2) is 7.36. The van der Waals surface area contributed by atoms with Crippen molar-refractivity contribution in [2.75, 3.05) is 33.4 Å². The van der Waals surface area contributed by atoms with Crippen molar-refractivity contribution in [1.29, 1.82) is 0 Å². The van der Waals surface area contributed by atoms with Gasteiger partial charge in [-0.2, -0.15) is 0 Å². The molecule has 0 bridgehead atoms. The number of nitrogens with zero attached hydrogens (tertiary/aromatic N) is 1. The fraction of sp³-hybridized carbons (Fsp3) is 0.529. The summed E-state index contributed by atoms with van der Waals surface area (Å²) in [6.07, 6.45) is 2.63. The molecule has 2 heterocycles. The van der Waals surface area contributed by atoms with Crippen LogP contribution < -0.4 is 5.32 Å². The number of likely N-dealkylation sites (tertiary alicyclic amines) is 1. The first-order valence-electron chi connectivity index (χ1n) is 7.77. The van der Waals surface area contributed by atoms with Gasteiger partial charge in [-0.1, -0.05) is 18.2 Å². The zero-order chi connectivity index (χ0) is 14.5. The molecular formula is C17H24N2OS. The molecule has 1 aromatic carbocycles. The van der Waals surface area contributed by atoms with Crippen molar-refractivity contribution in [2.45, 2.75) is 25.4 Å². The van der Waals surface area contributed by atoms with E-state index >= 15 is 0 Å². The van der Waals surface area contributed by atoms with Crippen molar-refractivity contribution in [1.82, 2.24) is 10.2 Å². The van der Waals surface area contributed by atoms with Crippen LogP contribution in [0.25, 0.3) is 10.1 Å². The third kappa shape index (κ3) is 3.64. The van der Waals surface area contributed by atoms with Crippen molar-refractivity contribution in [2.24, 2.45) is 0 Å². The van der Waals surface area contributed by atoms with Crippen LogP contribution in [0.5, 0.6) is 0 Å². The van der Waals surface area contributed by atoms with Crippen molar-refractivity contribution in [3.63, 3.8) is 0 Å². The quantitative estimate of drug-likeness (QED) is 0.796. The van der Waals surface area contributed by atoms with Gasteiger partial charge in [-0.15, -0.1) is 11.3 Å². The first-order valence-corrected chi connectivity index (χ1v) is 8.65. The van der Waals surface area contributed by atoms with Crippen LogP contribution >= 0.6 is 11.3 Å². The predicted octanol–water partition coefficient (Wildman–Crippen LogP) is 3.10. The van der Waals surface area contributed by atoms with Crippen LogP contribution in [-0.4, -0.2) is 44.3 Å². The lowest BCUT2D eigenvalue weighted by Gasteiger charge is -2.24. The molecule has 1 saturated heterocycles. The van der Waals surface area contributed by atoms with Gasteiger partial charge in [-0.3, -0.25) is 4.90 Å². The van der Waals surface area contributed by atoms with Gasteiger partial charge in [0.15, 0.2) is 0 Å².